The molecule has 0 unspecified atom stereocenters. The number of amides is 1. The summed E-state index contributed by atoms with van der Waals surface area (Å²) in [6, 6.07) is 13.9. The largest absolute Gasteiger partial charge is 0.341 e. The monoisotopic (exact) mass is 382 g/mol. The second kappa shape index (κ2) is 8.86. The number of carbonyl (C=O) groups is 1. The molecule has 0 radical (unpaired) electrons. The van der Waals surface area contributed by atoms with Crippen LogP contribution in [-0.2, 0) is 16.4 Å². The highest BCUT2D eigenvalue weighted by Gasteiger charge is 2.26. The highest BCUT2D eigenvalue weighted by Crippen LogP contribution is 2.19. The Labute approximate surface area is 151 Å². The summed E-state index contributed by atoms with van der Waals surface area (Å²) in [4.78, 5) is 13.8. The van der Waals surface area contributed by atoms with Gasteiger partial charge in [0, 0.05) is 18.7 Å². The SMILES string of the molecule is NCCCN(Cc1ccccc1)C(=O)c1ccc(S(=O)(=O)C(F)F)cc1. The van der Waals surface area contributed by atoms with Crippen LogP contribution in [0.3, 0.4) is 0 Å². The first kappa shape index (κ1) is 20.0. The number of nitrogens with zero attached hydrogens (tertiary/aromatic N) is 1. The summed E-state index contributed by atoms with van der Waals surface area (Å²) in [5.74, 6) is -3.81. The Morgan fingerprint density at radius 1 is 1.04 bits per heavy atom. The summed E-state index contributed by atoms with van der Waals surface area (Å²) in [7, 11) is -4.68. The molecule has 8 heteroatoms. The molecule has 2 aromatic rings. The number of alkyl halides is 2. The lowest BCUT2D eigenvalue weighted by molar-refractivity contribution is 0.0742. The number of halogens is 2. The van der Waals surface area contributed by atoms with Crippen molar-refractivity contribution < 1.29 is 22.0 Å². The predicted octanol–water partition coefficient (Wildman–Crippen LogP) is 2.67. The zero-order chi connectivity index (χ0) is 19.2. The lowest BCUT2D eigenvalue weighted by Gasteiger charge is -2.23. The van der Waals surface area contributed by atoms with Crippen LogP contribution in [0.4, 0.5) is 8.78 Å². The summed E-state index contributed by atoms with van der Waals surface area (Å²) < 4.78 is 48.1. The van der Waals surface area contributed by atoms with E-state index >= 15 is 0 Å². The fourth-order valence-corrected chi connectivity index (χ4v) is 3.13. The highest BCUT2D eigenvalue weighted by atomic mass is 32.2. The maximum Gasteiger partial charge on any atom is 0.341 e. The van der Waals surface area contributed by atoms with E-state index in [1.165, 1.54) is 12.1 Å². The molecule has 0 aliphatic rings. The van der Waals surface area contributed by atoms with Gasteiger partial charge in [-0.1, -0.05) is 30.3 Å². The molecular formula is C18H20F2N2O3S. The van der Waals surface area contributed by atoms with E-state index < -0.39 is 20.5 Å². The number of benzene rings is 2. The Morgan fingerprint density at radius 2 is 1.65 bits per heavy atom. The lowest BCUT2D eigenvalue weighted by Crippen LogP contribution is -2.32. The third-order valence-electron chi connectivity index (χ3n) is 3.80. The van der Waals surface area contributed by atoms with Crippen LogP contribution < -0.4 is 5.73 Å². The molecule has 1 amide bonds. The van der Waals surface area contributed by atoms with Crippen molar-refractivity contribution in [2.75, 3.05) is 13.1 Å². The van der Waals surface area contributed by atoms with E-state index in [1.54, 1.807) is 4.90 Å². The van der Waals surface area contributed by atoms with Gasteiger partial charge in [-0.05, 0) is 42.8 Å². The number of nitrogens with two attached hydrogens (primary N) is 1. The van der Waals surface area contributed by atoms with Crippen molar-refractivity contribution in [3.05, 3.63) is 65.7 Å². The van der Waals surface area contributed by atoms with Crippen LogP contribution in [0, 0.1) is 0 Å². The number of hydrogen-bond donors (Lipinski definition) is 1. The van der Waals surface area contributed by atoms with Crippen LogP contribution in [0.2, 0.25) is 0 Å². The molecule has 26 heavy (non-hydrogen) atoms. The molecule has 2 aromatic carbocycles. The minimum Gasteiger partial charge on any atom is -0.334 e. The van der Waals surface area contributed by atoms with E-state index in [-0.39, 0.29) is 11.5 Å². The first-order valence-corrected chi connectivity index (χ1v) is 9.56. The van der Waals surface area contributed by atoms with Crippen LogP contribution in [0.1, 0.15) is 22.3 Å². The van der Waals surface area contributed by atoms with E-state index in [0.29, 0.717) is 26.1 Å². The minimum atomic E-state index is -4.68. The van der Waals surface area contributed by atoms with Gasteiger partial charge in [-0.3, -0.25) is 4.79 Å². The van der Waals surface area contributed by atoms with Gasteiger partial charge >= 0.3 is 5.76 Å². The van der Waals surface area contributed by atoms with Gasteiger partial charge in [0.1, 0.15) is 0 Å². The average molecular weight is 382 g/mol. The molecule has 0 spiro atoms. The van der Waals surface area contributed by atoms with E-state index in [2.05, 4.69) is 0 Å². The zero-order valence-electron chi connectivity index (χ0n) is 14.0. The van der Waals surface area contributed by atoms with Crippen LogP contribution >= 0.6 is 0 Å². The predicted molar refractivity (Wildman–Crippen MR) is 94.5 cm³/mol. The molecule has 0 aliphatic heterocycles. The number of sulfone groups is 1. The Kier molecular flexibility index (Phi) is 6.82. The molecule has 0 heterocycles. The van der Waals surface area contributed by atoms with Gasteiger partial charge in [-0.2, -0.15) is 8.78 Å². The second-order valence-electron chi connectivity index (χ2n) is 5.68. The van der Waals surface area contributed by atoms with Crippen molar-refractivity contribution in [3.63, 3.8) is 0 Å². The fraction of sp³-hybridized carbons (Fsp3) is 0.278. The molecule has 0 saturated heterocycles. The van der Waals surface area contributed by atoms with Gasteiger partial charge in [-0.25, -0.2) is 8.42 Å². The van der Waals surface area contributed by atoms with Crippen molar-refractivity contribution in [3.8, 4) is 0 Å². The van der Waals surface area contributed by atoms with E-state index in [4.69, 9.17) is 5.73 Å². The third kappa shape index (κ3) is 4.86. The standard InChI is InChI=1S/C18H20F2N2O3S/c19-18(20)26(24,25)16-9-7-15(8-10-16)17(23)22(12-4-11-21)13-14-5-2-1-3-6-14/h1-3,5-10,18H,4,11-13,21H2. The van der Waals surface area contributed by atoms with Crippen molar-refractivity contribution >= 4 is 15.7 Å². The fourth-order valence-electron chi connectivity index (χ4n) is 2.41. The van der Waals surface area contributed by atoms with Crippen molar-refractivity contribution in [1.29, 1.82) is 0 Å². The molecule has 0 saturated carbocycles. The summed E-state index contributed by atoms with van der Waals surface area (Å²) in [6.07, 6.45) is 0.608. The maximum absolute atomic E-state index is 12.7. The van der Waals surface area contributed by atoms with Gasteiger partial charge in [0.2, 0.25) is 9.84 Å². The second-order valence-corrected chi connectivity index (χ2v) is 7.60. The highest BCUT2D eigenvalue weighted by molar-refractivity contribution is 7.91. The molecule has 140 valence electrons. The van der Waals surface area contributed by atoms with Crippen molar-refractivity contribution in [2.24, 2.45) is 5.73 Å². The van der Waals surface area contributed by atoms with Crippen LogP contribution in [0.15, 0.2) is 59.5 Å². The molecule has 0 aromatic heterocycles. The smallest absolute Gasteiger partial charge is 0.334 e. The summed E-state index contributed by atoms with van der Waals surface area (Å²) in [6.45, 7) is 1.22. The maximum atomic E-state index is 12.7. The van der Waals surface area contributed by atoms with E-state index in [0.717, 1.165) is 17.7 Å². The molecule has 5 nitrogen and oxygen atoms in total. The number of hydrogen-bond acceptors (Lipinski definition) is 4. The summed E-state index contributed by atoms with van der Waals surface area (Å²) in [5, 5.41) is 0. The first-order chi connectivity index (χ1) is 12.4. The third-order valence-corrected chi connectivity index (χ3v) is 5.20. The number of rotatable bonds is 8. The first-order valence-electron chi connectivity index (χ1n) is 8.01. The van der Waals surface area contributed by atoms with Gasteiger partial charge in [0.15, 0.2) is 0 Å². The Bertz CT molecular complexity index is 825. The van der Waals surface area contributed by atoms with Crippen molar-refractivity contribution in [2.45, 2.75) is 23.6 Å². The van der Waals surface area contributed by atoms with Crippen molar-refractivity contribution in [1.82, 2.24) is 4.90 Å². The number of carbonyl (C=O) groups excluding carboxylic acids is 1. The molecule has 0 fully saturated rings. The normalized spacial score (nSPS) is 11.5. The molecule has 0 bridgehead atoms. The zero-order valence-corrected chi connectivity index (χ0v) is 14.8. The van der Waals surface area contributed by atoms with Gasteiger partial charge in [0.05, 0.1) is 4.90 Å². The minimum absolute atomic E-state index is 0.228. The lowest BCUT2D eigenvalue weighted by atomic mass is 10.1. The Morgan fingerprint density at radius 3 is 2.19 bits per heavy atom. The van der Waals surface area contributed by atoms with E-state index in [1.807, 2.05) is 30.3 Å². The topological polar surface area (TPSA) is 80.5 Å². The molecule has 2 N–H and O–H groups in total. The molecule has 0 atom stereocenters. The summed E-state index contributed by atoms with van der Waals surface area (Å²) >= 11 is 0. The van der Waals surface area contributed by atoms with Gasteiger partial charge in [0.25, 0.3) is 5.91 Å². The van der Waals surface area contributed by atoms with Crippen LogP contribution in [0.25, 0.3) is 0 Å². The van der Waals surface area contributed by atoms with Crippen LogP contribution in [0.5, 0.6) is 0 Å². The average Bonchev–Trinajstić information content (AvgIpc) is 2.65. The van der Waals surface area contributed by atoms with E-state index in [9.17, 15) is 22.0 Å². The molecular weight excluding hydrogens is 362 g/mol. The molecule has 0 aliphatic carbocycles. The molecule has 2 rings (SSSR count). The Balaban J connectivity index is 2.22. The Hall–Kier alpha value is -2.32. The van der Waals surface area contributed by atoms with Gasteiger partial charge < -0.3 is 10.6 Å². The summed E-state index contributed by atoms with van der Waals surface area (Å²) in [5.41, 5.74) is 6.70. The van der Waals surface area contributed by atoms with Gasteiger partial charge in [-0.15, -0.1) is 0 Å². The van der Waals surface area contributed by atoms with Crippen LogP contribution in [-0.4, -0.2) is 38.1 Å². The quantitative estimate of drug-likeness (QED) is 0.761.